The summed E-state index contributed by atoms with van der Waals surface area (Å²) < 4.78 is 11.1. The van der Waals surface area contributed by atoms with E-state index in [1.54, 1.807) is 51.1 Å². The highest BCUT2D eigenvalue weighted by Gasteiger charge is 2.32. The van der Waals surface area contributed by atoms with Crippen molar-refractivity contribution in [3.05, 3.63) is 104 Å². The molecule has 0 N–H and O–H groups in total. The molecule has 35 heavy (non-hydrogen) atoms. The van der Waals surface area contributed by atoms with Crippen LogP contribution in [0.1, 0.15) is 42.3 Å². The van der Waals surface area contributed by atoms with Gasteiger partial charge in [-0.15, -0.1) is 0 Å². The van der Waals surface area contributed by atoms with Crippen LogP contribution in [-0.4, -0.2) is 21.6 Å². The van der Waals surface area contributed by atoms with Gasteiger partial charge in [0.2, 0.25) is 5.75 Å². The van der Waals surface area contributed by atoms with E-state index in [1.807, 2.05) is 0 Å². The maximum absolute atomic E-state index is 13.2. The lowest BCUT2D eigenvalue weighted by Crippen LogP contribution is -2.26. The monoisotopic (exact) mass is 478 g/mol. The number of nitro groups is 2. The van der Waals surface area contributed by atoms with Crippen molar-refractivity contribution in [1.29, 1.82) is 0 Å². The SMILES string of the molecule is CC(C)(C)C(=O)Oc1c(OCc2ccccc2)cc(C(=O)c2ccccc2[N+](=O)[O-])cc1[N+](=O)[O-]. The van der Waals surface area contributed by atoms with Gasteiger partial charge in [0.25, 0.3) is 5.69 Å². The number of benzene rings is 3. The molecule has 0 spiro atoms. The molecule has 0 saturated carbocycles. The molecule has 0 unspecified atom stereocenters. The second kappa shape index (κ2) is 10.1. The smallest absolute Gasteiger partial charge is 0.316 e. The highest BCUT2D eigenvalue weighted by atomic mass is 16.6. The van der Waals surface area contributed by atoms with E-state index in [2.05, 4.69) is 0 Å². The van der Waals surface area contributed by atoms with E-state index in [4.69, 9.17) is 9.47 Å². The van der Waals surface area contributed by atoms with Gasteiger partial charge in [0.05, 0.1) is 15.3 Å². The van der Waals surface area contributed by atoms with Gasteiger partial charge in [0, 0.05) is 17.7 Å². The summed E-state index contributed by atoms with van der Waals surface area (Å²) in [7, 11) is 0. The minimum absolute atomic E-state index is 0.0405. The van der Waals surface area contributed by atoms with Crippen LogP contribution in [0, 0.1) is 25.6 Å². The number of ketones is 1. The van der Waals surface area contributed by atoms with Gasteiger partial charge in [-0.3, -0.25) is 29.8 Å². The highest BCUT2D eigenvalue weighted by molar-refractivity contribution is 6.12. The summed E-state index contributed by atoms with van der Waals surface area (Å²) in [6.07, 6.45) is 0. The third kappa shape index (κ3) is 5.85. The molecule has 10 nitrogen and oxygen atoms in total. The molecule has 3 aromatic carbocycles. The van der Waals surface area contributed by atoms with E-state index in [0.29, 0.717) is 0 Å². The molecule has 0 amide bonds. The molecule has 0 aliphatic carbocycles. The average Bonchev–Trinajstić information content (AvgIpc) is 2.82. The zero-order chi connectivity index (χ0) is 25.8. The predicted molar refractivity (Wildman–Crippen MR) is 125 cm³/mol. The molecule has 0 aliphatic rings. The Morgan fingerprint density at radius 3 is 2.06 bits per heavy atom. The topological polar surface area (TPSA) is 139 Å². The summed E-state index contributed by atoms with van der Waals surface area (Å²) in [4.78, 5) is 47.5. The zero-order valence-corrected chi connectivity index (χ0v) is 19.2. The molecule has 0 fully saturated rings. The van der Waals surface area contributed by atoms with Gasteiger partial charge < -0.3 is 9.47 Å². The Kier molecular flexibility index (Phi) is 7.24. The first kappa shape index (κ1) is 25.0. The number of rotatable bonds is 8. The number of hydrogen-bond acceptors (Lipinski definition) is 8. The molecule has 3 rings (SSSR count). The minimum atomic E-state index is -0.982. The third-order valence-corrected chi connectivity index (χ3v) is 4.88. The summed E-state index contributed by atoms with van der Waals surface area (Å²) in [6, 6.07) is 16.2. The summed E-state index contributed by atoms with van der Waals surface area (Å²) in [6.45, 7) is 4.70. The standard InChI is InChI=1S/C25H22N2O8/c1-25(2,3)24(29)35-23-20(27(32)33)13-17(14-21(23)34-15-16-9-5-4-6-10-16)22(28)18-11-7-8-12-19(18)26(30)31/h4-14H,15H2,1-3H3. The van der Waals surface area contributed by atoms with E-state index in [1.165, 1.54) is 24.3 Å². The van der Waals surface area contributed by atoms with Gasteiger partial charge in [0.1, 0.15) is 12.2 Å². The van der Waals surface area contributed by atoms with Crippen molar-refractivity contribution in [1.82, 2.24) is 0 Å². The molecule has 0 aliphatic heterocycles. The van der Waals surface area contributed by atoms with Crippen LogP contribution in [0.25, 0.3) is 0 Å². The predicted octanol–water partition coefficient (Wildman–Crippen LogP) is 5.26. The summed E-state index contributed by atoms with van der Waals surface area (Å²) >= 11 is 0. The Hall–Kier alpha value is -4.60. The van der Waals surface area contributed by atoms with E-state index in [0.717, 1.165) is 17.7 Å². The minimum Gasteiger partial charge on any atom is -0.485 e. The fourth-order valence-electron chi connectivity index (χ4n) is 3.03. The Bertz CT molecular complexity index is 1300. The Balaban J connectivity index is 2.15. The van der Waals surface area contributed by atoms with Crippen molar-refractivity contribution < 1.29 is 28.9 Å². The van der Waals surface area contributed by atoms with E-state index in [-0.39, 0.29) is 23.5 Å². The lowest BCUT2D eigenvalue weighted by molar-refractivity contribution is -0.385. The Labute approximate surface area is 200 Å². The van der Waals surface area contributed by atoms with Gasteiger partial charge in [-0.25, -0.2) is 0 Å². The number of ether oxygens (including phenoxy) is 2. The molecular formula is C25H22N2O8. The molecule has 0 heterocycles. The number of carbonyl (C=O) groups is 2. The zero-order valence-electron chi connectivity index (χ0n) is 19.2. The molecule has 0 bridgehead atoms. The van der Waals surface area contributed by atoms with Crippen molar-refractivity contribution in [3.63, 3.8) is 0 Å². The second-order valence-electron chi connectivity index (χ2n) is 8.60. The molecule has 0 radical (unpaired) electrons. The molecule has 0 saturated heterocycles. The van der Waals surface area contributed by atoms with Crippen LogP contribution in [0.3, 0.4) is 0 Å². The van der Waals surface area contributed by atoms with Crippen LogP contribution in [0.2, 0.25) is 0 Å². The number of nitrogens with zero attached hydrogens (tertiary/aromatic N) is 2. The fraction of sp³-hybridized carbons (Fsp3) is 0.200. The van der Waals surface area contributed by atoms with Crippen molar-refractivity contribution in [2.45, 2.75) is 27.4 Å². The number of para-hydroxylation sites is 1. The second-order valence-corrected chi connectivity index (χ2v) is 8.60. The summed E-state index contributed by atoms with van der Waals surface area (Å²) in [5.74, 6) is -2.24. The van der Waals surface area contributed by atoms with Crippen LogP contribution < -0.4 is 9.47 Å². The van der Waals surface area contributed by atoms with E-state index >= 15 is 0 Å². The lowest BCUT2D eigenvalue weighted by atomic mass is 9.97. The summed E-state index contributed by atoms with van der Waals surface area (Å²) in [5, 5.41) is 23.3. The van der Waals surface area contributed by atoms with Gasteiger partial charge in [-0.05, 0) is 38.5 Å². The van der Waals surface area contributed by atoms with Gasteiger partial charge in [-0.1, -0.05) is 42.5 Å². The van der Waals surface area contributed by atoms with Crippen LogP contribution in [-0.2, 0) is 11.4 Å². The fourth-order valence-corrected chi connectivity index (χ4v) is 3.03. The van der Waals surface area contributed by atoms with Crippen molar-refractivity contribution >= 4 is 23.1 Å². The third-order valence-electron chi connectivity index (χ3n) is 4.88. The van der Waals surface area contributed by atoms with Gasteiger partial charge >= 0.3 is 11.7 Å². The van der Waals surface area contributed by atoms with Crippen molar-refractivity contribution in [2.75, 3.05) is 0 Å². The molecule has 180 valence electrons. The maximum atomic E-state index is 13.2. The molecule has 0 aromatic heterocycles. The number of esters is 1. The van der Waals surface area contributed by atoms with E-state index < -0.39 is 44.1 Å². The molecule has 3 aromatic rings. The van der Waals surface area contributed by atoms with Crippen molar-refractivity contribution in [2.24, 2.45) is 5.41 Å². The quantitative estimate of drug-likeness (QED) is 0.140. The maximum Gasteiger partial charge on any atom is 0.316 e. The first-order chi connectivity index (χ1) is 16.5. The molecule has 10 heteroatoms. The Morgan fingerprint density at radius 1 is 0.857 bits per heavy atom. The number of nitro benzene ring substituents is 2. The Morgan fingerprint density at radius 2 is 1.46 bits per heavy atom. The first-order valence-corrected chi connectivity index (χ1v) is 10.5. The van der Waals surface area contributed by atoms with Crippen LogP contribution in [0.15, 0.2) is 66.7 Å². The van der Waals surface area contributed by atoms with Gasteiger partial charge in [0.15, 0.2) is 11.5 Å². The number of hydrogen-bond donors (Lipinski definition) is 0. The van der Waals surface area contributed by atoms with Crippen molar-refractivity contribution in [3.8, 4) is 11.5 Å². The summed E-state index contributed by atoms with van der Waals surface area (Å²) in [5.41, 5.74) is -1.88. The average molecular weight is 478 g/mol. The van der Waals surface area contributed by atoms with E-state index in [9.17, 15) is 29.8 Å². The largest absolute Gasteiger partial charge is 0.485 e. The lowest BCUT2D eigenvalue weighted by Gasteiger charge is -2.19. The highest BCUT2D eigenvalue weighted by Crippen LogP contribution is 2.41. The van der Waals surface area contributed by atoms with Gasteiger partial charge in [-0.2, -0.15) is 0 Å². The normalized spacial score (nSPS) is 10.9. The molecular weight excluding hydrogens is 456 g/mol. The van der Waals surface area contributed by atoms with Crippen LogP contribution >= 0.6 is 0 Å². The van der Waals surface area contributed by atoms with Crippen LogP contribution in [0.4, 0.5) is 11.4 Å². The van der Waals surface area contributed by atoms with Crippen LogP contribution in [0.5, 0.6) is 11.5 Å². The first-order valence-electron chi connectivity index (χ1n) is 10.5. The molecule has 0 atom stereocenters. The number of carbonyl (C=O) groups excluding carboxylic acids is 2.